The molecule has 1 aromatic heterocycles. The number of fused-ring (bicyclic) bond motifs is 1. The molecule has 0 aliphatic carbocycles. The van der Waals surface area contributed by atoms with Crippen LogP contribution in [0.25, 0.3) is 10.9 Å². The molecule has 1 aromatic carbocycles. The van der Waals surface area contributed by atoms with Crippen LogP contribution in [0.4, 0.5) is 4.39 Å². The van der Waals surface area contributed by atoms with Crippen LogP contribution in [-0.2, 0) is 6.42 Å². The van der Waals surface area contributed by atoms with Gasteiger partial charge in [0.1, 0.15) is 5.82 Å². The highest BCUT2D eigenvalue weighted by atomic mass is 35.5. The van der Waals surface area contributed by atoms with Gasteiger partial charge in [0.15, 0.2) is 0 Å². The van der Waals surface area contributed by atoms with E-state index in [1.165, 1.54) is 6.07 Å². The highest BCUT2D eigenvalue weighted by molar-refractivity contribution is 7.80. The molecule has 0 saturated carbocycles. The molecule has 74 valence electrons. The lowest BCUT2D eigenvalue weighted by atomic mass is 10.2. The average molecular weight is 230 g/mol. The van der Waals surface area contributed by atoms with Crippen LogP contribution in [0.15, 0.2) is 18.2 Å². The molecule has 1 N–H and O–H groups in total. The van der Waals surface area contributed by atoms with Gasteiger partial charge in [0.05, 0.1) is 5.02 Å². The van der Waals surface area contributed by atoms with Gasteiger partial charge in [0.25, 0.3) is 0 Å². The van der Waals surface area contributed by atoms with Gasteiger partial charge in [-0.2, -0.15) is 12.6 Å². The third-order valence-corrected chi connectivity index (χ3v) is 2.61. The Morgan fingerprint density at radius 2 is 2.14 bits per heavy atom. The van der Waals surface area contributed by atoms with Crippen molar-refractivity contribution < 1.29 is 4.39 Å². The van der Waals surface area contributed by atoms with Crippen molar-refractivity contribution in [1.29, 1.82) is 0 Å². The van der Waals surface area contributed by atoms with E-state index in [0.29, 0.717) is 0 Å². The number of hydrogen-bond acceptors (Lipinski definition) is 1. The van der Waals surface area contributed by atoms with Gasteiger partial charge < -0.3 is 4.98 Å². The lowest BCUT2D eigenvalue weighted by Crippen LogP contribution is -1.83. The molecule has 0 radical (unpaired) electrons. The number of H-pyrrole nitrogens is 1. The summed E-state index contributed by atoms with van der Waals surface area (Å²) in [6.45, 7) is 0. The molecule has 0 unspecified atom stereocenters. The Morgan fingerprint density at radius 3 is 2.86 bits per heavy atom. The zero-order valence-corrected chi connectivity index (χ0v) is 9.00. The maximum absolute atomic E-state index is 13.1. The number of rotatable bonds is 2. The summed E-state index contributed by atoms with van der Waals surface area (Å²) in [5, 5.41) is 1.00. The second kappa shape index (κ2) is 3.83. The third kappa shape index (κ3) is 1.74. The Bertz CT molecular complexity index is 427. The highest BCUT2D eigenvalue weighted by Gasteiger charge is 2.05. The van der Waals surface area contributed by atoms with Crippen LogP contribution in [-0.4, -0.2) is 10.7 Å². The minimum absolute atomic E-state index is 0.150. The van der Waals surface area contributed by atoms with Gasteiger partial charge in [-0.3, -0.25) is 0 Å². The van der Waals surface area contributed by atoms with E-state index in [4.69, 9.17) is 11.6 Å². The van der Waals surface area contributed by atoms with Crippen molar-refractivity contribution in [1.82, 2.24) is 4.98 Å². The Hall–Kier alpha value is -0.670. The molecule has 4 heteroatoms. The molecule has 0 spiro atoms. The van der Waals surface area contributed by atoms with E-state index < -0.39 is 0 Å². The number of benzene rings is 1. The molecule has 14 heavy (non-hydrogen) atoms. The van der Waals surface area contributed by atoms with Gasteiger partial charge in [-0.05, 0) is 30.4 Å². The van der Waals surface area contributed by atoms with E-state index in [9.17, 15) is 4.39 Å². The van der Waals surface area contributed by atoms with Gasteiger partial charge in [0, 0.05) is 16.6 Å². The maximum atomic E-state index is 13.1. The topological polar surface area (TPSA) is 15.8 Å². The standard InChI is InChI=1S/C10H9ClFNS/c11-8-5-10-6(4-9(8)12)3-7(13-10)1-2-14/h3-5,13-14H,1-2H2. The van der Waals surface area contributed by atoms with Crippen LogP contribution in [0, 0.1) is 5.82 Å². The molecule has 2 aromatic rings. The smallest absolute Gasteiger partial charge is 0.142 e. The van der Waals surface area contributed by atoms with E-state index in [1.54, 1.807) is 6.07 Å². The largest absolute Gasteiger partial charge is 0.358 e. The Kier molecular flexibility index (Phi) is 2.70. The summed E-state index contributed by atoms with van der Waals surface area (Å²) in [6, 6.07) is 4.97. The molecule has 0 fully saturated rings. The van der Waals surface area contributed by atoms with Crippen LogP contribution in [0.1, 0.15) is 5.69 Å². The SMILES string of the molecule is Fc1cc2cc(CCS)[nH]c2cc1Cl. The van der Waals surface area contributed by atoms with Gasteiger partial charge in [0.2, 0.25) is 0 Å². The first-order valence-electron chi connectivity index (χ1n) is 4.28. The highest BCUT2D eigenvalue weighted by Crippen LogP contribution is 2.23. The molecule has 0 aliphatic rings. The predicted octanol–water partition coefficient (Wildman–Crippen LogP) is 3.43. The second-order valence-corrected chi connectivity index (χ2v) is 3.98. The number of aromatic nitrogens is 1. The van der Waals surface area contributed by atoms with Gasteiger partial charge in [-0.15, -0.1) is 0 Å². The molecule has 0 bridgehead atoms. The third-order valence-electron chi connectivity index (χ3n) is 2.10. The normalized spacial score (nSPS) is 11.1. The van der Waals surface area contributed by atoms with Crippen molar-refractivity contribution in [3.63, 3.8) is 0 Å². The first-order chi connectivity index (χ1) is 6.70. The van der Waals surface area contributed by atoms with Crippen LogP contribution in [0.3, 0.4) is 0 Å². The number of hydrogen-bond donors (Lipinski definition) is 2. The van der Waals surface area contributed by atoms with Gasteiger partial charge in [-0.1, -0.05) is 11.6 Å². The quantitative estimate of drug-likeness (QED) is 0.734. The summed E-state index contributed by atoms with van der Waals surface area (Å²) < 4.78 is 13.1. The molecular formula is C10H9ClFNS. The van der Waals surface area contributed by atoms with E-state index in [2.05, 4.69) is 17.6 Å². The van der Waals surface area contributed by atoms with Crippen molar-refractivity contribution >= 4 is 35.1 Å². The van der Waals surface area contributed by atoms with Crippen molar-refractivity contribution in [3.05, 3.63) is 34.7 Å². The van der Waals surface area contributed by atoms with Crippen molar-refractivity contribution in [3.8, 4) is 0 Å². The molecule has 1 nitrogen and oxygen atoms in total. The fourth-order valence-corrected chi connectivity index (χ4v) is 1.85. The summed E-state index contributed by atoms with van der Waals surface area (Å²) >= 11 is 9.80. The molecule has 1 heterocycles. The summed E-state index contributed by atoms with van der Waals surface area (Å²) in [4.78, 5) is 3.16. The first kappa shape index (κ1) is 9.87. The molecule has 2 rings (SSSR count). The summed E-state index contributed by atoms with van der Waals surface area (Å²) in [5.74, 6) is 0.388. The summed E-state index contributed by atoms with van der Waals surface area (Å²) in [6.07, 6.45) is 0.844. The average Bonchev–Trinajstić information content (AvgIpc) is 2.48. The van der Waals surface area contributed by atoms with Gasteiger partial charge in [-0.25, -0.2) is 4.39 Å². The van der Waals surface area contributed by atoms with Crippen LogP contribution < -0.4 is 0 Å². The second-order valence-electron chi connectivity index (χ2n) is 3.12. The zero-order valence-electron chi connectivity index (χ0n) is 7.35. The minimum Gasteiger partial charge on any atom is -0.358 e. The molecule has 0 saturated heterocycles. The molecule has 0 atom stereocenters. The van der Waals surface area contributed by atoms with Crippen molar-refractivity contribution in [2.45, 2.75) is 6.42 Å². The Labute approximate surface area is 91.7 Å². The van der Waals surface area contributed by atoms with Crippen LogP contribution in [0.5, 0.6) is 0 Å². The first-order valence-corrected chi connectivity index (χ1v) is 5.29. The van der Waals surface area contributed by atoms with E-state index in [-0.39, 0.29) is 10.8 Å². The van der Waals surface area contributed by atoms with Gasteiger partial charge >= 0.3 is 0 Å². The van der Waals surface area contributed by atoms with Crippen molar-refractivity contribution in [2.75, 3.05) is 5.75 Å². The van der Waals surface area contributed by atoms with Crippen LogP contribution in [0.2, 0.25) is 5.02 Å². The Balaban J connectivity index is 2.54. The number of thiol groups is 1. The number of aromatic amines is 1. The predicted molar refractivity (Wildman–Crippen MR) is 60.8 cm³/mol. The zero-order chi connectivity index (χ0) is 10.1. The fourth-order valence-electron chi connectivity index (χ4n) is 1.44. The number of nitrogens with one attached hydrogen (secondary N) is 1. The Morgan fingerprint density at radius 1 is 1.36 bits per heavy atom. The fraction of sp³-hybridized carbons (Fsp3) is 0.200. The summed E-state index contributed by atoms with van der Waals surface area (Å²) in [5.41, 5.74) is 1.92. The monoisotopic (exact) mass is 229 g/mol. The lowest BCUT2D eigenvalue weighted by molar-refractivity contribution is 0.630. The minimum atomic E-state index is -0.379. The lowest BCUT2D eigenvalue weighted by Gasteiger charge is -1.93. The van der Waals surface area contributed by atoms with Crippen LogP contribution >= 0.6 is 24.2 Å². The maximum Gasteiger partial charge on any atom is 0.142 e. The summed E-state index contributed by atoms with van der Waals surface area (Å²) in [7, 11) is 0. The van der Waals surface area contributed by atoms with E-state index >= 15 is 0 Å². The number of aryl methyl sites for hydroxylation is 1. The van der Waals surface area contributed by atoms with E-state index in [1.807, 2.05) is 6.07 Å². The molecular weight excluding hydrogens is 221 g/mol. The molecule has 0 aliphatic heterocycles. The molecule has 0 amide bonds. The van der Waals surface area contributed by atoms with E-state index in [0.717, 1.165) is 28.8 Å². The number of halogens is 2. The van der Waals surface area contributed by atoms with Crippen molar-refractivity contribution in [2.24, 2.45) is 0 Å².